The highest BCUT2D eigenvalue weighted by Gasteiger charge is 2.11. The average molecular weight is 276 g/mol. The fourth-order valence-corrected chi connectivity index (χ4v) is 2.10. The van der Waals surface area contributed by atoms with Crippen molar-refractivity contribution in [2.45, 2.75) is 33.2 Å². The standard InChI is InChI=1S/C15H21FN4/c1-4-5-10-19(3)11-15-12(2)20(18-17-15)14-8-6-13(16)7-9-14/h6-9H,4-5,10-11H2,1-3H3. The lowest BCUT2D eigenvalue weighted by atomic mass is 10.2. The summed E-state index contributed by atoms with van der Waals surface area (Å²) >= 11 is 0. The Bertz CT molecular complexity index is 548. The lowest BCUT2D eigenvalue weighted by Crippen LogP contribution is -2.19. The number of benzene rings is 1. The van der Waals surface area contributed by atoms with E-state index < -0.39 is 0 Å². The van der Waals surface area contributed by atoms with Gasteiger partial charge < -0.3 is 4.90 Å². The summed E-state index contributed by atoms with van der Waals surface area (Å²) in [6.45, 7) is 6.02. The molecule has 5 heteroatoms. The lowest BCUT2D eigenvalue weighted by molar-refractivity contribution is 0.316. The van der Waals surface area contributed by atoms with Crippen LogP contribution in [-0.4, -0.2) is 33.5 Å². The molecule has 0 bridgehead atoms. The number of hydrogen-bond donors (Lipinski definition) is 0. The molecule has 0 unspecified atom stereocenters. The highest BCUT2D eigenvalue weighted by atomic mass is 19.1. The molecule has 0 aliphatic carbocycles. The summed E-state index contributed by atoms with van der Waals surface area (Å²) in [6, 6.07) is 6.29. The molecule has 2 rings (SSSR count). The first-order chi connectivity index (χ1) is 9.61. The van der Waals surface area contributed by atoms with Crippen molar-refractivity contribution >= 4 is 0 Å². The zero-order chi connectivity index (χ0) is 14.5. The van der Waals surface area contributed by atoms with Crippen molar-refractivity contribution in [3.05, 3.63) is 41.5 Å². The van der Waals surface area contributed by atoms with Gasteiger partial charge in [-0.15, -0.1) is 5.10 Å². The van der Waals surface area contributed by atoms with E-state index in [1.54, 1.807) is 16.8 Å². The molecule has 20 heavy (non-hydrogen) atoms. The molecule has 0 fully saturated rings. The van der Waals surface area contributed by atoms with Gasteiger partial charge >= 0.3 is 0 Å². The molecule has 0 atom stereocenters. The van der Waals surface area contributed by atoms with Crippen LogP contribution in [0.4, 0.5) is 4.39 Å². The molecule has 0 saturated heterocycles. The Hall–Kier alpha value is -1.75. The molecule has 1 aromatic heterocycles. The van der Waals surface area contributed by atoms with E-state index in [0.29, 0.717) is 0 Å². The Kier molecular flexibility index (Phi) is 4.84. The first-order valence-electron chi connectivity index (χ1n) is 6.97. The van der Waals surface area contributed by atoms with Gasteiger partial charge in [0.1, 0.15) is 11.5 Å². The summed E-state index contributed by atoms with van der Waals surface area (Å²) in [6.07, 6.45) is 2.37. The SMILES string of the molecule is CCCCN(C)Cc1nnn(-c2ccc(F)cc2)c1C. The Morgan fingerprint density at radius 1 is 1.25 bits per heavy atom. The van der Waals surface area contributed by atoms with Crippen LogP contribution >= 0.6 is 0 Å². The largest absolute Gasteiger partial charge is 0.300 e. The fourth-order valence-electron chi connectivity index (χ4n) is 2.10. The first kappa shape index (κ1) is 14.7. The number of hydrogen-bond acceptors (Lipinski definition) is 3. The minimum atomic E-state index is -0.244. The van der Waals surface area contributed by atoms with Gasteiger partial charge in [-0.3, -0.25) is 0 Å². The second kappa shape index (κ2) is 6.61. The number of unbranched alkanes of at least 4 members (excludes halogenated alkanes) is 1. The van der Waals surface area contributed by atoms with Crippen molar-refractivity contribution in [1.29, 1.82) is 0 Å². The molecule has 4 nitrogen and oxygen atoms in total. The van der Waals surface area contributed by atoms with Crippen LogP contribution in [0.3, 0.4) is 0 Å². The second-order valence-corrected chi connectivity index (χ2v) is 5.10. The molecule has 0 aliphatic heterocycles. The summed E-state index contributed by atoms with van der Waals surface area (Å²) in [5, 5.41) is 8.41. The molecule has 0 radical (unpaired) electrons. The number of aromatic nitrogens is 3. The molecule has 108 valence electrons. The molecule has 0 aliphatic rings. The van der Waals surface area contributed by atoms with Crippen LogP contribution in [0.2, 0.25) is 0 Å². The summed E-state index contributed by atoms with van der Waals surface area (Å²) < 4.78 is 14.7. The van der Waals surface area contributed by atoms with Gasteiger partial charge in [0.15, 0.2) is 0 Å². The topological polar surface area (TPSA) is 34.0 Å². The normalized spacial score (nSPS) is 11.2. The monoisotopic (exact) mass is 276 g/mol. The molecule has 0 spiro atoms. The first-order valence-corrected chi connectivity index (χ1v) is 6.97. The zero-order valence-electron chi connectivity index (χ0n) is 12.3. The second-order valence-electron chi connectivity index (χ2n) is 5.10. The van der Waals surface area contributed by atoms with Crippen molar-refractivity contribution in [2.75, 3.05) is 13.6 Å². The maximum Gasteiger partial charge on any atom is 0.123 e. The van der Waals surface area contributed by atoms with E-state index in [0.717, 1.165) is 30.2 Å². The Labute approximate surface area is 119 Å². The number of halogens is 1. The van der Waals surface area contributed by atoms with E-state index in [4.69, 9.17) is 0 Å². The molecular formula is C15H21FN4. The van der Waals surface area contributed by atoms with Crippen molar-refractivity contribution in [3.63, 3.8) is 0 Å². The third-order valence-electron chi connectivity index (χ3n) is 3.37. The fraction of sp³-hybridized carbons (Fsp3) is 0.467. The maximum absolute atomic E-state index is 12.9. The van der Waals surface area contributed by atoms with E-state index >= 15 is 0 Å². The highest BCUT2D eigenvalue weighted by Crippen LogP contribution is 2.14. The van der Waals surface area contributed by atoms with E-state index in [1.807, 2.05) is 6.92 Å². The Morgan fingerprint density at radius 2 is 1.95 bits per heavy atom. The Morgan fingerprint density at radius 3 is 2.60 bits per heavy atom. The van der Waals surface area contributed by atoms with Gasteiger partial charge in [0, 0.05) is 6.54 Å². The smallest absolute Gasteiger partial charge is 0.123 e. The van der Waals surface area contributed by atoms with Crippen molar-refractivity contribution in [2.24, 2.45) is 0 Å². The van der Waals surface area contributed by atoms with Gasteiger partial charge in [0.25, 0.3) is 0 Å². The van der Waals surface area contributed by atoms with Crippen molar-refractivity contribution in [3.8, 4) is 5.69 Å². The third-order valence-corrected chi connectivity index (χ3v) is 3.37. The van der Waals surface area contributed by atoms with Crippen LogP contribution in [-0.2, 0) is 6.54 Å². The summed E-state index contributed by atoms with van der Waals surface area (Å²) in [7, 11) is 2.09. The molecule has 2 aromatic rings. The molecule has 0 N–H and O–H groups in total. The van der Waals surface area contributed by atoms with E-state index in [1.165, 1.54) is 25.0 Å². The Balaban J connectivity index is 2.12. The van der Waals surface area contributed by atoms with Crippen molar-refractivity contribution < 1.29 is 4.39 Å². The minimum Gasteiger partial charge on any atom is -0.300 e. The third kappa shape index (κ3) is 3.42. The molecule has 0 amide bonds. The van der Waals surface area contributed by atoms with Gasteiger partial charge in [-0.1, -0.05) is 18.6 Å². The summed E-state index contributed by atoms with van der Waals surface area (Å²) in [4.78, 5) is 2.25. The zero-order valence-corrected chi connectivity index (χ0v) is 12.3. The quantitative estimate of drug-likeness (QED) is 0.813. The van der Waals surface area contributed by atoms with Crippen LogP contribution in [0.1, 0.15) is 31.2 Å². The van der Waals surface area contributed by atoms with Crippen LogP contribution in [0, 0.1) is 12.7 Å². The molecular weight excluding hydrogens is 255 g/mol. The number of rotatable bonds is 6. The average Bonchev–Trinajstić information content (AvgIpc) is 2.79. The maximum atomic E-state index is 12.9. The van der Waals surface area contributed by atoms with Gasteiger partial charge in [-0.25, -0.2) is 9.07 Å². The molecule has 1 heterocycles. The van der Waals surface area contributed by atoms with Crippen LogP contribution in [0.25, 0.3) is 5.69 Å². The summed E-state index contributed by atoms with van der Waals surface area (Å²) in [5.41, 5.74) is 2.80. The van der Waals surface area contributed by atoms with Gasteiger partial charge in [-0.05, 0) is 51.2 Å². The van der Waals surface area contributed by atoms with Crippen LogP contribution < -0.4 is 0 Å². The predicted molar refractivity (Wildman–Crippen MR) is 77.3 cm³/mol. The van der Waals surface area contributed by atoms with Crippen LogP contribution in [0.5, 0.6) is 0 Å². The van der Waals surface area contributed by atoms with E-state index in [9.17, 15) is 4.39 Å². The van der Waals surface area contributed by atoms with Gasteiger partial charge in [0.05, 0.1) is 11.4 Å². The minimum absolute atomic E-state index is 0.244. The van der Waals surface area contributed by atoms with E-state index in [-0.39, 0.29) is 5.82 Å². The highest BCUT2D eigenvalue weighted by molar-refractivity contribution is 5.33. The van der Waals surface area contributed by atoms with Gasteiger partial charge in [-0.2, -0.15) is 0 Å². The predicted octanol–water partition coefficient (Wildman–Crippen LogP) is 2.95. The summed E-state index contributed by atoms with van der Waals surface area (Å²) in [5.74, 6) is -0.244. The van der Waals surface area contributed by atoms with Crippen LogP contribution in [0.15, 0.2) is 24.3 Å². The van der Waals surface area contributed by atoms with Crippen molar-refractivity contribution in [1.82, 2.24) is 19.9 Å². The molecule has 0 saturated carbocycles. The van der Waals surface area contributed by atoms with E-state index in [2.05, 4.69) is 29.2 Å². The number of nitrogens with zero attached hydrogens (tertiary/aromatic N) is 4. The van der Waals surface area contributed by atoms with Gasteiger partial charge in [0.2, 0.25) is 0 Å². The molecule has 1 aromatic carbocycles. The lowest BCUT2D eigenvalue weighted by Gasteiger charge is -2.14.